The maximum atomic E-state index is 13.7. The normalized spacial score (nSPS) is 44.9. The fourth-order valence-corrected chi connectivity index (χ4v) is 12.1. The molecule has 6 rings (SSSR count). The summed E-state index contributed by atoms with van der Waals surface area (Å²) in [6.45, 7) is 16.6. The van der Waals surface area contributed by atoms with Crippen molar-refractivity contribution in [3.05, 3.63) is 33.5 Å². The van der Waals surface area contributed by atoms with E-state index in [4.69, 9.17) is 0 Å². The molecule has 4 saturated carbocycles. The number of Topliss-reactive ketones (excluding diaryl/α,β-unsaturated/α-hetero) is 1. The third-order valence-corrected chi connectivity index (χ3v) is 14.2. The number of hydrogen-bond acceptors (Lipinski definition) is 4. The van der Waals surface area contributed by atoms with Crippen LogP contribution in [0.15, 0.2) is 28.0 Å². The summed E-state index contributed by atoms with van der Waals surface area (Å²) in [4.78, 5) is 27.2. The van der Waals surface area contributed by atoms with Gasteiger partial charge in [0.25, 0.3) is 5.91 Å². The lowest BCUT2D eigenvalue weighted by Gasteiger charge is -2.72. The third-order valence-electron chi connectivity index (χ3n) is 13.5. The van der Waals surface area contributed by atoms with Crippen molar-refractivity contribution in [3.8, 4) is 0 Å². The number of thiophene rings is 1. The first kappa shape index (κ1) is 27.7. The maximum Gasteiger partial charge on any atom is 0.252 e. The van der Waals surface area contributed by atoms with E-state index >= 15 is 0 Å². The molecule has 0 radical (unpaired) electrons. The Bertz CT molecular complexity index is 1210. The predicted molar refractivity (Wildman–Crippen MR) is 158 cm³/mol. The van der Waals surface area contributed by atoms with Gasteiger partial charge in [-0.1, -0.05) is 48.5 Å². The summed E-state index contributed by atoms with van der Waals surface area (Å²) in [5.41, 5.74) is 2.91. The van der Waals surface area contributed by atoms with Crippen molar-refractivity contribution >= 4 is 23.0 Å². The van der Waals surface area contributed by atoms with Crippen LogP contribution in [0.1, 0.15) is 117 Å². The molecule has 1 aromatic heterocycles. The number of fused-ring (bicyclic) bond motifs is 7. The van der Waals surface area contributed by atoms with E-state index < -0.39 is 5.54 Å². The van der Waals surface area contributed by atoms with Crippen molar-refractivity contribution in [1.82, 2.24) is 5.32 Å². The maximum absolute atomic E-state index is 13.7. The second-order valence-electron chi connectivity index (χ2n) is 15.6. The molecule has 39 heavy (non-hydrogen) atoms. The van der Waals surface area contributed by atoms with Gasteiger partial charge in [0.1, 0.15) is 0 Å². The minimum absolute atomic E-state index is 0.0360. The zero-order valence-electron chi connectivity index (χ0n) is 25.2. The second-order valence-corrected chi connectivity index (χ2v) is 16.4. The van der Waals surface area contributed by atoms with Crippen LogP contribution < -0.4 is 5.32 Å². The number of carbonyl (C=O) groups excluding carboxylic acids is 2. The Kier molecular flexibility index (Phi) is 6.23. The number of nitrogens with one attached hydrogen (secondary N) is 1. The average molecular weight is 552 g/mol. The molecule has 0 saturated heterocycles. The van der Waals surface area contributed by atoms with Crippen LogP contribution in [0.4, 0.5) is 0 Å². The number of ketones is 1. The molecule has 5 heteroatoms. The highest BCUT2D eigenvalue weighted by Gasteiger charge is 2.70. The smallest absolute Gasteiger partial charge is 0.252 e. The first-order valence-electron chi connectivity index (χ1n) is 15.5. The molecular weight excluding hydrogens is 502 g/mol. The molecule has 2 N–H and O–H groups in total. The fourth-order valence-electron chi connectivity index (χ4n) is 11.4. The number of amides is 1. The molecule has 5 aliphatic carbocycles. The van der Waals surface area contributed by atoms with Crippen LogP contribution >= 0.6 is 11.3 Å². The monoisotopic (exact) mass is 551 g/mol. The fraction of sp³-hybridized carbons (Fsp3) is 0.765. The predicted octanol–water partition coefficient (Wildman–Crippen LogP) is 7.57. The van der Waals surface area contributed by atoms with Crippen molar-refractivity contribution in [3.63, 3.8) is 0 Å². The van der Waals surface area contributed by atoms with E-state index in [1.807, 2.05) is 16.8 Å². The number of hydrogen-bond donors (Lipinski definition) is 2. The number of carbonyl (C=O) groups is 2. The van der Waals surface area contributed by atoms with E-state index in [0.29, 0.717) is 29.7 Å². The number of aliphatic hydroxyl groups is 1. The number of allylic oxidation sites excluding steroid dienone is 1. The van der Waals surface area contributed by atoms with Crippen molar-refractivity contribution in [1.29, 1.82) is 0 Å². The Labute approximate surface area is 239 Å². The SMILES string of the molecule is CC(C)C1=C2C3CCC4C(C)(CCC5C(C)(C)[C@@H](O)CC[C@@]54C)[C@]3(C)CCC2(NC(=O)c2ccsc2)CC1=O. The molecule has 4 fully saturated rings. The molecule has 5 aliphatic rings. The molecule has 214 valence electrons. The molecule has 0 aliphatic heterocycles. The molecule has 0 aromatic carbocycles. The summed E-state index contributed by atoms with van der Waals surface area (Å²) >= 11 is 1.54. The van der Waals surface area contributed by atoms with Crippen LogP contribution in [0.5, 0.6) is 0 Å². The third kappa shape index (κ3) is 3.57. The van der Waals surface area contributed by atoms with Gasteiger partial charge in [-0.3, -0.25) is 9.59 Å². The number of aliphatic hydroxyl groups excluding tert-OH is 1. The van der Waals surface area contributed by atoms with Crippen LogP contribution in [0.25, 0.3) is 0 Å². The van der Waals surface area contributed by atoms with Gasteiger partial charge in [0.15, 0.2) is 5.78 Å². The Morgan fingerprint density at radius 3 is 2.38 bits per heavy atom. The van der Waals surface area contributed by atoms with Gasteiger partial charge >= 0.3 is 0 Å². The molecular formula is C34H49NO3S. The summed E-state index contributed by atoms with van der Waals surface area (Å²) in [6.07, 6.45) is 8.75. The van der Waals surface area contributed by atoms with E-state index in [1.165, 1.54) is 24.8 Å². The molecule has 0 bridgehead atoms. The summed E-state index contributed by atoms with van der Waals surface area (Å²) < 4.78 is 0. The average Bonchev–Trinajstić information content (AvgIpc) is 3.49. The zero-order chi connectivity index (χ0) is 28.2. The van der Waals surface area contributed by atoms with Gasteiger partial charge in [0, 0.05) is 11.8 Å². The second kappa shape index (κ2) is 8.77. The summed E-state index contributed by atoms with van der Waals surface area (Å²) in [7, 11) is 0. The summed E-state index contributed by atoms with van der Waals surface area (Å²) in [6, 6.07) is 1.89. The quantitative estimate of drug-likeness (QED) is 0.407. The lowest BCUT2D eigenvalue weighted by Crippen LogP contribution is -2.67. The van der Waals surface area contributed by atoms with Crippen LogP contribution in [0.2, 0.25) is 0 Å². The van der Waals surface area contributed by atoms with E-state index in [0.717, 1.165) is 37.7 Å². The lowest BCUT2D eigenvalue weighted by atomic mass is 9.33. The molecule has 4 nitrogen and oxygen atoms in total. The summed E-state index contributed by atoms with van der Waals surface area (Å²) in [5.74, 6) is 1.85. The van der Waals surface area contributed by atoms with E-state index in [-0.39, 0.29) is 45.4 Å². The van der Waals surface area contributed by atoms with Crippen LogP contribution in [-0.2, 0) is 4.79 Å². The van der Waals surface area contributed by atoms with E-state index in [9.17, 15) is 14.7 Å². The van der Waals surface area contributed by atoms with Crippen molar-refractivity contribution in [2.24, 2.45) is 45.3 Å². The van der Waals surface area contributed by atoms with E-state index in [1.54, 1.807) is 11.3 Å². The summed E-state index contributed by atoms with van der Waals surface area (Å²) in [5, 5.41) is 18.3. The minimum Gasteiger partial charge on any atom is -0.393 e. The van der Waals surface area contributed by atoms with Gasteiger partial charge in [0.05, 0.1) is 17.2 Å². The van der Waals surface area contributed by atoms with Crippen molar-refractivity contribution in [2.45, 2.75) is 118 Å². The van der Waals surface area contributed by atoms with Crippen LogP contribution in [0.3, 0.4) is 0 Å². The molecule has 5 unspecified atom stereocenters. The van der Waals surface area contributed by atoms with Crippen LogP contribution in [0, 0.1) is 45.3 Å². The van der Waals surface area contributed by atoms with Gasteiger partial charge < -0.3 is 10.4 Å². The first-order chi connectivity index (χ1) is 18.2. The van der Waals surface area contributed by atoms with Crippen LogP contribution in [-0.4, -0.2) is 28.4 Å². The molecule has 0 spiro atoms. The zero-order valence-corrected chi connectivity index (χ0v) is 26.0. The Balaban J connectivity index is 1.42. The molecule has 8 atom stereocenters. The lowest BCUT2D eigenvalue weighted by molar-refractivity contribution is -0.226. The molecule has 1 amide bonds. The van der Waals surface area contributed by atoms with Gasteiger partial charge in [0.2, 0.25) is 0 Å². The van der Waals surface area contributed by atoms with Gasteiger partial charge in [-0.25, -0.2) is 0 Å². The van der Waals surface area contributed by atoms with Gasteiger partial charge in [-0.2, -0.15) is 11.3 Å². The highest BCUT2D eigenvalue weighted by molar-refractivity contribution is 7.08. The Hall–Kier alpha value is -1.46. The van der Waals surface area contributed by atoms with Gasteiger partial charge in [-0.05, 0) is 119 Å². The minimum atomic E-state index is -0.541. The van der Waals surface area contributed by atoms with Crippen molar-refractivity contribution < 1.29 is 14.7 Å². The highest BCUT2D eigenvalue weighted by atomic mass is 32.1. The van der Waals surface area contributed by atoms with E-state index in [2.05, 4.69) is 53.8 Å². The Morgan fingerprint density at radius 2 is 1.72 bits per heavy atom. The number of rotatable bonds is 3. The van der Waals surface area contributed by atoms with Gasteiger partial charge in [-0.15, -0.1) is 0 Å². The Morgan fingerprint density at radius 1 is 0.974 bits per heavy atom. The van der Waals surface area contributed by atoms with Crippen molar-refractivity contribution in [2.75, 3.05) is 0 Å². The topological polar surface area (TPSA) is 66.4 Å². The largest absolute Gasteiger partial charge is 0.393 e. The molecule has 1 heterocycles. The highest BCUT2D eigenvalue weighted by Crippen LogP contribution is 2.75. The molecule has 1 aromatic rings. The standard InChI is InChI=1S/C34H49NO3S/c1-20(2)27-23(36)18-34(35-29(38)21-12-17-39-19-21)16-15-32(6)22(28(27)34)8-9-25-31(5)13-11-26(37)30(3,4)24(31)10-14-33(25,32)7/h12,17,19-20,22,24-26,37H,8-11,13-16,18H2,1-7H3,(H,35,38)/t22?,24?,25?,26-,31-,32+,33?,34?/m0/s1. The first-order valence-corrected chi connectivity index (χ1v) is 16.5.